The lowest BCUT2D eigenvalue weighted by molar-refractivity contribution is 0.0960. The number of carbonyl (C=O) groups is 1. The lowest BCUT2D eigenvalue weighted by atomic mass is 10.2. The van der Waals surface area contributed by atoms with E-state index >= 15 is 0 Å². The summed E-state index contributed by atoms with van der Waals surface area (Å²) in [6.07, 6.45) is 0. The third-order valence-corrected chi connectivity index (χ3v) is 5.53. The highest BCUT2D eigenvalue weighted by molar-refractivity contribution is 7.22. The predicted octanol–water partition coefficient (Wildman–Crippen LogP) is 4.26. The number of nitrogens with zero attached hydrogens (tertiary/aromatic N) is 3. The first kappa shape index (κ1) is 18.5. The fourth-order valence-corrected chi connectivity index (χ4v) is 3.98. The Morgan fingerprint density at radius 1 is 1.14 bits per heavy atom. The number of anilines is 1. The van der Waals surface area contributed by atoms with Crippen molar-refractivity contribution in [1.82, 2.24) is 9.88 Å². The molecule has 0 N–H and O–H groups in total. The van der Waals surface area contributed by atoms with Gasteiger partial charge in [0.25, 0.3) is 5.91 Å². The Morgan fingerprint density at radius 3 is 2.71 bits per heavy atom. The Balaban J connectivity index is 1.74. The van der Waals surface area contributed by atoms with Crippen molar-refractivity contribution in [2.75, 3.05) is 39.2 Å². The van der Waals surface area contributed by atoms with E-state index < -0.39 is 0 Å². The average Bonchev–Trinajstić information content (AvgIpc) is 3.31. The molecule has 0 fully saturated rings. The number of fused-ring (bicyclic) bond motifs is 2. The minimum atomic E-state index is -0.209. The fraction of sp³-hybridized carbons (Fsp3) is 0.238. The van der Waals surface area contributed by atoms with E-state index in [1.165, 1.54) is 11.3 Å². The first-order valence-corrected chi connectivity index (χ1v) is 9.77. The quantitative estimate of drug-likeness (QED) is 0.488. The molecule has 2 aromatic heterocycles. The zero-order valence-corrected chi connectivity index (χ0v) is 16.8. The number of likely N-dealkylation sites (N-methyl/N-ethyl adjacent to an activating group) is 1. The summed E-state index contributed by atoms with van der Waals surface area (Å²) in [5, 5.41) is 1.50. The second-order valence-electron chi connectivity index (χ2n) is 6.71. The van der Waals surface area contributed by atoms with Gasteiger partial charge < -0.3 is 14.1 Å². The van der Waals surface area contributed by atoms with E-state index in [1.807, 2.05) is 61.5 Å². The fourth-order valence-electron chi connectivity index (χ4n) is 3.00. The van der Waals surface area contributed by atoms with Crippen LogP contribution in [-0.4, -0.2) is 50.1 Å². The van der Waals surface area contributed by atoms with Crippen LogP contribution in [0, 0.1) is 0 Å². The summed E-state index contributed by atoms with van der Waals surface area (Å²) in [6, 6.07) is 15.2. The molecular formula is C21H21N3O3S. The smallest absolute Gasteiger partial charge is 0.295 e. The molecule has 6 nitrogen and oxygen atoms in total. The number of benzene rings is 2. The second kappa shape index (κ2) is 7.61. The molecular weight excluding hydrogens is 374 g/mol. The van der Waals surface area contributed by atoms with Gasteiger partial charge in [-0.05, 0) is 38.4 Å². The third kappa shape index (κ3) is 3.46. The van der Waals surface area contributed by atoms with Gasteiger partial charge in [0.1, 0.15) is 0 Å². The molecule has 2 heterocycles. The number of rotatable bonds is 6. The van der Waals surface area contributed by atoms with Crippen LogP contribution in [0.4, 0.5) is 5.13 Å². The van der Waals surface area contributed by atoms with E-state index in [0.29, 0.717) is 29.6 Å². The van der Waals surface area contributed by atoms with Crippen molar-refractivity contribution in [1.29, 1.82) is 0 Å². The van der Waals surface area contributed by atoms with Gasteiger partial charge in [0.05, 0.1) is 17.3 Å². The van der Waals surface area contributed by atoms with Gasteiger partial charge in [-0.2, -0.15) is 0 Å². The standard InChI is InChI=1S/C21H21N3O3S/c1-23(2)11-12-24(21-22-15-8-4-5-10-18(15)28-21)20(25)17-13-14-7-6-9-16(26-3)19(14)27-17/h4-10,13H,11-12H2,1-3H3. The molecule has 0 aliphatic rings. The highest BCUT2D eigenvalue weighted by atomic mass is 32.1. The zero-order valence-electron chi connectivity index (χ0n) is 16.0. The summed E-state index contributed by atoms with van der Waals surface area (Å²) in [5.41, 5.74) is 1.46. The van der Waals surface area contributed by atoms with Crippen molar-refractivity contribution in [3.8, 4) is 5.75 Å². The van der Waals surface area contributed by atoms with Crippen molar-refractivity contribution in [3.63, 3.8) is 0 Å². The maximum Gasteiger partial charge on any atom is 0.295 e. The number of hydrogen-bond acceptors (Lipinski definition) is 6. The van der Waals surface area contributed by atoms with Crippen LogP contribution in [0.15, 0.2) is 52.9 Å². The van der Waals surface area contributed by atoms with Gasteiger partial charge in [-0.25, -0.2) is 4.98 Å². The molecule has 4 aromatic rings. The molecule has 7 heteroatoms. The third-order valence-electron chi connectivity index (χ3n) is 4.47. The maximum atomic E-state index is 13.3. The Bertz CT molecular complexity index is 1100. The molecule has 2 aromatic carbocycles. The second-order valence-corrected chi connectivity index (χ2v) is 7.72. The zero-order chi connectivity index (χ0) is 19.7. The largest absolute Gasteiger partial charge is 0.493 e. The number of furan rings is 1. The first-order valence-electron chi connectivity index (χ1n) is 8.95. The number of carbonyl (C=O) groups excluding carboxylic acids is 1. The van der Waals surface area contributed by atoms with Crippen LogP contribution in [-0.2, 0) is 0 Å². The van der Waals surface area contributed by atoms with Crippen LogP contribution in [0.25, 0.3) is 21.2 Å². The van der Waals surface area contributed by atoms with Gasteiger partial charge in [0.2, 0.25) is 0 Å². The molecule has 0 radical (unpaired) electrons. The lowest BCUT2D eigenvalue weighted by Crippen LogP contribution is -2.36. The van der Waals surface area contributed by atoms with Crippen molar-refractivity contribution in [2.45, 2.75) is 0 Å². The van der Waals surface area contributed by atoms with Gasteiger partial charge in [0.15, 0.2) is 22.2 Å². The van der Waals surface area contributed by atoms with Crippen LogP contribution in [0.1, 0.15) is 10.6 Å². The Morgan fingerprint density at radius 2 is 1.96 bits per heavy atom. The van der Waals surface area contributed by atoms with E-state index in [9.17, 15) is 4.79 Å². The first-order chi connectivity index (χ1) is 13.6. The molecule has 4 rings (SSSR count). The van der Waals surface area contributed by atoms with Gasteiger partial charge in [-0.3, -0.25) is 9.69 Å². The van der Waals surface area contributed by atoms with Gasteiger partial charge in [0, 0.05) is 18.5 Å². The number of thiazole rings is 1. The summed E-state index contributed by atoms with van der Waals surface area (Å²) < 4.78 is 12.3. The van der Waals surface area contributed by atoms with E-state index in [-0.39, 0.29) is 11.7 Å². The number of aromatic nitrogens is 1. The Hall–Kier alpha value is -2.90. The van der Waals surface area contributed by atoms with Crippen LogP contribution in [0.5, 0.6) is 5.75 Å². The number of ether oxygens (including phenoxy) is 1. The molecule has 0 saturated carbocycles. The Labute approximate surface area is 166 Å². The summed E-state index contributed by atoms with van der Waals surface area (Å²) in [5.74, 6) is 0.674. The lowest BCUT2D eigenvalue weighted by Gasteiger charge is -2.20. The molecule has 0 spiro atoms. The molecule has 144 valence electrons. The number of methoxy groups -OCH3 is 1. The predicted molar refractivity (Wildman–Crippen MR) is 113 cm³/mol. The number of para-hydroxylation sites is 2. The van der Waals surface area contributed by atoms with Crippen LogP contribution in [0.2, 0.25) is 0 Å². The van der Waals surface area contributed by atoms with Crippen molar-refractivity contribution < 1.29 is 13.9 Å². The maximum absolute atomic E-state index is 13.3. The molecule has 0 bridgehead atoms. The highest BCUT2D eigenvalue weighted by Gasteiger charge is 2.25. The summed E-state index contributed by atoms with van der Waals surface area (Å²) in [6.45, 7) is 1.23. The number of amides is 1. The molecule has 0 aliphatic heterocycles. The van der Waals surface area contributed by atoms with E-state index in [4.69, 9.17) is 9.15 Å². The monoisotopic (exact) mass is 395 g/mol. The van der Waals surface area contributed by atoms with Crippen molar-refractivity contribution >= 4 is 43.6 Å². The van der Waals surface area contributed by atoms with Gasteiger partial charge in [-0.1, -0.05) is 35.6 Å². The average molecular weight is 395 g/mol. The summed E-state index contributed by atoms with van der Waals surface area (Å²) in [4.78, 5) is 21.7. The molecule has 28 heavy (non-hydrogen) atoms. The summed E-state index contributed by atoms with van der Waals surface area (Å²) in [7, 11) is 5.55. The van der Waals surface area contributed by atoms with E-state index in [2.05, 4.69) is 4.98 Å². The summed E-state index contributed by atoms with van der Waals surface area (Å²) >= 11 is 1.50. The van der Waals surface area contributed by atoms with Crippen LogP contribution < -0.4 is 9.64 Å². The van der Waals surface area contributed by atoms with E-state index in [1.54, 1.807) is 18.1 Å². The highest BCUT2D eigenvalue weighted by Crippen LogP contribution is 2.32. The minimum Gasteiger partial charge on any atom is -0.493 e. The topological polar surface area (TPSA) is 58.8 Å². The molecule has 0 unspecified atom stereocenters. The van der Waals surface area contributed by atoms with Gasteiger partial charge in [-0.15, -0.1) is 0 Å². The SMILES string of the molecule is COc1cccc2cc(C(=O)N(CCN(C)C)c3nc4ccccc4s3)oc12. The van der Waals surface area contributed by atoms with Crippen molar-refractivity contribution in [3.05, 3.63) is 54.3 Å². The van der Waals surface area contributed by atoms with E-state index in [0.717, 1.165) is 15.6 Å². The number of hydrogen-bond donors (Lipinski definition) is 0. The minimum absolute atomic E-state index is 0.209. The molecule has 1 amide bonds. The van der Waals surface area contributed by atoms with Gasteiger partial charge >= 0.3 is 0 Å². The molecule has 0 saturated heterocycles. The molecule has 0 atom stereocenters. The molecule has 0 aliphatic carbocycles. The van der Waals surface area contributed by atoms with Crippen molar-refractivity contribution in [2.24, 2.45) is 0 Å². The Kier molecular flexibility index (Phi) is 5.02. The van der Waals surface area contributed by atoms with Crippen LogP contribution in [0.3, 0.4) is 0 Å². The normalized spacial score (nSPS) is 11.4. The van der Waals surface area contributed by atoms with Crippen LogP contribution >= 0.6 is 11.3 Å².